The minimum Gasteiger partial charge on any atom is -0.382 e. The fourth-order valence-electron chi connectivity index (χ4n) is 3.03. The Morgan fingerprint density at radius 1 is 1.08 bits per heavy atom. The predicted octanol–water partition coefficient (Wildman–Crippen LogP) is 4.41. The van der Waals surface area contributed by atoms with E-state index in [4.69, 9.17) is 0 Å². The van der Waals surface area contributed by atoms with E-state index < -0.39 is 0 Å². The van der Waals surface area contributed by atoms with E-state index in [0.29, 0.717) is 22.0 Å². The van der Waals surface area contributed by atoms with Crippen molar-refractivity contribution in [3.8, 4) is 0 Å². The summed E-state index contributed by atoms with van der Waals surface area (Å²) < 4.78 is 0.560. The van der Waals surface area contributed by atoms with Crippen LogP contribution in [0.1, 0.15) is 43.1 Å². The lowest BCUT2D eigenvalue weighted by atomic mass is 10.2. The molecule has 1 saturated carbocycles. The molecule has 0 spiro atoms. The van der Waals surface area contributed by atoms with Crippen LogP contribution < -0.4 is 16.0 Å². The maximum absolute atomic E-state index is 12.6. The van der Waals surface area contributed by atoms with Crippen LogP contribution in [0.2, 0.25) is 0 Å². The van der Waals surface area contributed by atoms with Crippen LogP contribution in [0.5, 0.6) is 0 Å². The third-order valence-corrected chi connectivity index (χ3v) is 4.85. The van der Waals surface area contributed by atoms with Crippen molar-refractivity contribution in [2.75, 3.05) is 16.0 Å². The minimum absolute atomic E-state index is 0.213. The zero-order chi connectivity index (χ0) is 18.5. The fraction of sp³-hybridized carbons (Fsp3) is 0.316. The lowest BCUT2D eigenvalue weighted by Gasteiger charge is -2.15. The van der Waals surface area contributed by atoms with Gasteiger partial charge in [0, 0.05) is 28.8 Å². The molecule has 7 heteroatoms. The van der Waals surface area contributed by atoms with E-state index in [2.05, 4.69) is 36.9 Å². The highest BCUT2D eigenvalue weighted by Gasteiger charge is 2.16. The largest absolute Gasteiger partial charge is 0.382 e. The van der Waals surface area contributed by atoms with Gasteiger partial charge in [0.15, 0.2) is 0 Å². The molecular weight excluding hydrogens is 396 g/mol. The lowest BCUT2D eigenvalue weighted by molar-refractivity contribution is -0.114. The van der Waals surface area contributed by atoms with E-state index in [-0.39, 0.29) is 17.5 Å². The van der Waals surface area contributed by atoms with Gasteiger partial charge in [-0.05, 0) is 59.1 Å². The number of rotatable bonds is 5. The first kappa shape index (κ1) is 18.4. The van der Waals surface area contributed by atoms with E-state index in [0.717, 1.165) is 5.69 Å². The van der Waals surface area contributed by atoms with Crippen LogP contribution in [0.4, 0.5) is 17.2 Å². The number of hydrogen-bond acceptors (Lipinski definition) is 4. The Labute approximate surface area is 160 Å². The van der Waals surface area contributed by atoms with Gasteiger partial charge in [0.1, 0.15) is 11.5 Å². The molecule has 1 aliphatic rings. The van der Waals surface area contributed by atoms with Crippen molar-refractivity contribution in [3.05, 3.63) is 46.6 Å². The Kier molecular flexibility index (Phi) is 5.88. The normalized spacial score (nSPS) is 14.1. The van der Waals surface area contributed by atoms with Crippen molar-refractivity contribution in [1.29, 1.82) is 0 Å². The average Bonchev–Trinajstić information content (AvgIpc) is 3.09. The zero-order valence-corrected chi connectivity index (χ0v) is 16.1. The van der Waals surface area contributed by atoms with Crippen LogP contribution in [0, 0.1) is 0 Å². The summed E-state index contributed by atoms with van der Waals surface area (Å²) >= 11 is 3.34. The molecule has 26 heavy (non-hydrogen) atoms. The Morgan fingerprint density at radius 2 is 1.81 bits per heavy atom. The number of amides is 2. The molecule has 0 bridgehead atoms. The number of benzene rings is 1. The maximum atomic E-state index is 12.6. The van der Waals surface area contributed by atoms with Crippen LogP contribution in [0.15, 0.2) is 40.9 Å². The molecule has 0 radical (unpaired) electrons. The van der Waals surface area contributed by atoms with Gasteiger partial charge in [0.2, 0.25) is 5.91 Å². The van der Waals surface area contributed by atoms with Crippen molar-refractivity contribution < 1.29 is 9.59 Å². The number of nitrogens with one attached hydrogen (secondary N) is 3. The summed E-state index contributed by atoms with van der Waals surface area (Å²) in [5.41, 5.74) is 1.90. The molecule has 0 aliphatic heterocycles. The molecule has 2 amide bonds. The van der Waals surface area contributed by atoms with Gasteiger partial charge in [0.25, 0.3) is 5.91 Å². The van der Waals surface area contributed by atoms with Crippen LogP contribution in [0.3, 0.4) is 0 Å². The summed E-state index contributed by atoms with van der Waals surface area (Å²) in [6.45, 7) is 1.40. The minimum atomic E-state index is -0.345. The molecule has 1 aromatic carbocycles. The summed E-state index contributed by atoms with van der Waals surface area (Å²) in [7, 11) is 0. The molecule has 0 unspecified atom stereocenters. The first-order valence-electron chi connectivity index (χ1n) is 8.63. The summed E-state index contributed by atoms with van der Waals surface area (Å²) in [5.74, 6) is -0.249. The number of pyridine rings is 1. The second kappa shape index (κ2) is 8.31. The summed E-state index contributed by atoms with van der Waals surface area (Å²) in [6, 6.07) is 11.5. The van der Waals surface area contributed by atoms with Gasteiger partial charge >= 0.3 is 0 Å². The number of carbonyl (C=O) groups is 2. The molecule has 1 aliphatic carbocycles. The van der Waals surface area contributed by atoms with Crippen molar-refractivity contribution in [1.82, 2.24) is 4.98 Å². The van der Waals surface area contributed by atoms with E-state index >= 15 is 0 Å². The predicted molar refractivity (Wildman–Crippen MR) is 107 cm³/mol. The lowest BCUT2D eigenvalue weighted by Crippen LogP contribution is -2.17. The van der Waals surface area contributed by atoms with Crippen molar-refractivity contribution in [2.24, 2.45) is 0 Å². The number of aromatic nitrogens is 1. The van der Waals surface area contributed by atoms with Gasteiger partial charge in [-0.15, -0.1) is 0 Å². The maximum Gasteiger partial charge on any atom is 0.275 e. The van der Waals surface area contributed by atoms with Crippen molar-refractivity contribution >= 4 is 44.9 Å². The molecule has 136 valence electrons. The Morgan fingerprint density at radius 3 is 2.54 bits per heavy atom. The monoisotopic (exact) mass is 416 g/mol. The second-order valence-electron chi connectivity index (χ2n) is 6.37. The van der Waals surface area contributed by atoms with Gasteiger partial charge in [-0.3, -0.25) is 9.59 Å². The molecule has 3 N–H and O–H groups in total. The van der Waals surface area contributed by atoms with Crippen molar-refractivity contribution in [3.63, 3.8) is 0 Å². The Balaban J connectivity index is 1.72. The highest BCUT2D eigenvalue weighted by atomic mass is 79.9. The van der Waals surface area contributed by atoms with Gasteiger partial charge in [0.05, 0.1) is 0 Å². The zero-order valence-electron chi connectivity index (χ0n) is 14.5. The van der Waals surface area contributed by atoms with E-state index in [1.807, 2.05) is 24.3 Å². The summed E-state index contributed by atoms with van der Waals surface area (Å²) in [5, 5.41) is 8.95. The van der Waals surface area contributed by atoms with E-state index in [1.54, 1.807) is 12.1 Å². The van der Waals surface area contributed by atoms with Crippen LogP contribution in [-0.4, -0.2) is 22.8 Å². The van der Waals surface area contributed by atoms with E-state index in [1.165, 1.54) is 32.6 Å². The molecule has 2 aromatic rings. The molecule has 6 nitrogen and oxygen atoms in total. The molecule has 0 saturated heterocycles. The van der Waals surface area contributed by atoms with Crippen LogP contribution in [0.25, 0.3) is 0 Å². The van der Waals surface area contributed by atoms with Gasteiger partial charge in [-0.2, -0.15) is 0 Å². The molecule has 1 heterocycles. The molecule has 1 fully saturated rings. The number of anilines is 3. The quantitative estimate of drug-likeness (QED) is 0.673. The number of carbonyl (C=O) groups excluding carboxylic acids is 2. The first-order chi connectivity index (χ1) is 12.5. The van der Waals surface area contributed by atoms with Crippen LogP contribution >= 0.6 is 15.9 Å². The van der Waals surface area contributed by atoms with E-state index in [9.17, 15) is 9.59 Å². The first-order valence-corrected chi connectivity index (χ1v) is 9.42. The van der Waals surface area contributed by atoms with Gasteiger partial charge in [-0.25, -0.2) is 4.98 Å². The standard InChI is InChI=1S/C19H21BrN4O2/c1-12(25)21-17-10-9-16(20)18(24-17)19(26)23-15-8-4-7-14(11-15)22-13-5-2-3-6-13/h4,7-11,13,22H,2-3,5-6H2,1H3,(H,23,26)(H,21,24,25). The summed E-state index contributed by atoms with van der Waals surface area (Å²) in [6.07, 6.45) is 4.89. The van der Waals surface area contributed by atoms with Crippen LogP contribution in [-0.2, 0) is 4.79 Å². The fourth-order valence-corrected chi connectivity index (χ4v) is 3.44. The topological polar surface area (TPSA) is 83.1 Å². The van der Waals surface area contributed by atoms with Crippen molar-refractivity contribution in [2.45, 2.75) is 38.6 Å². The third kappa shape index (κ3) is 4.82. The van der Waals surface area contributed by atoms with Gasteiger partial charge < -0.3 is 16.0 Å². The average molecular weight is 417 g/mol. The summed E-state index contributed by atoms with van der Waals surface area (Å²) in [4.78, 5) is 28.0. The number of halogens is 1. The number of hydrogen-bond donors (Lipinski definition) is 3. The molecule has 0 atom stereocenters. The highest BCUT2D eigenvalue weighted by Crippen LogP contribution is 2.24. The Bertz CT molecular complexity index is 819. The molecule has 1 aromatic heterocycles. The molecular formula is C19H21BrN4O2. The smallest absolute Gasteiger partial charge is 0.275 e. The van der Waals surface area contributed by atoms with Gasteiger partial charge in [-0.1, -0.05) is 18.9 Å². The molecule has 3 rings (SSSR count). The highest BCUT2D eigenvalue weighted by molar-refractivity contribution is 9.10. The second-order valence-corrected chi connectivity index (χ2v) is 7.22. The SMILES string of the molecule is CC(=O)Nc1ccc(Br)c(C(=O)Nc2cccc(NC3CCCC3)c2)n1. The Hall–Kier alpha value is -2.41. The third-order valence-electron chi connectivity index (χ3n) is 4.21. The number of nitrogens with zero attached hydrogens (tertiary/aromatic N) is 1.